The number of benzene rings is 1. The fourth-order valence-corrected chi connectivity index (χ4v) is 7.17. The van der Waals surface area contributed by atoms with Crippen LogP contribution >= 0.6 is 0 Å². The lowest BCUT2D eigenvalue weighted by atomic mass is 9.80. The minimum Gasteiger partial charge on any atom is -0.444 e. The Morgan fingerprint density at radius 1 is 0.942 bits per heavy atom. The molecule has 1 heterocycles. The average molecular weight is 720 g/mol. The smallest absolute Gasteiger partial charge is 0.408 e. The zero-order chi connectivity index (χ0) is 37.8. The van der Waals surface area contributed by atoms with Crippen molar-refractivity contribution in [1.82, 2.24) is 20.9 Å². The van der Waals surface area contributed by atoms with Gasteiger partial charge in [-0.2, -0.15) is 0 Å². The second-order valence-corrected chi connectivity index (χ2v) is 15.4. The van der Waals surface area contributed by atoms with Gasteiger partial charge in [0, 0.05) is 25.2 Å². The molecule has 3 atom stereocenters. The Labute approximate surface area is 308 Å². The number of hydrogen-bond donors (Lipinski definition) is 3. The Balaban J connectivity index is 1.48. The molecule has 0 saturated heterocycles. The van der Waals surface area contributed by atoms with E-state index in [0.717, 1.165) is 56.2 Å². The van der Waals surface area contributed by atoms with Gasteiger partial charge in [0.25, 0.3) is 5.91 Å². The van der Waals surface area contributed by atoms with Crippen molar-refractivity contribution in [3.8, 4) is 0 Å². The highest BCUT2D eigenvalue weighted by atomic mass is 16.6. The summed E-state index contributed by atoms with van der Waals surface area (Å²) in [6.07, 6.45) is 11.1. The molecule has 1 aliphatic heterocycles. The lowest BCUT2D eigenvalue weighted by Crippen LogP contribution is -2.58. The molecule has 1 unspecified atom stereocenters. The summed E-state index contributed by atoms with van der Waals surface area (Å²) in [6.45, 7) is 13.1. The van der Waals surface area contributed by atoms with Gasteiger partial charge in [-0.3, -0.25) is 24.0 Å². The van der Waals surface area contributed by atoms with Gasteiger partial charge in [0.05, 0.1) is 12.6 Å². The quantitative estimate of drug-likeness (QED) is 0.146. The molecule has 12 nitrogen and oxygen atoms in total. The second kappa shape index (κ2) is 18.8. The third-order valence-electron chi connectivity index (χ3n) is 10.1. The van der Waals surface area contributed by atoms with Crippen molar-refractivity contribution in [2.24, 2.45) is 11.8 Å². The third kappa shape index (κ3) is 11.5. The van der Waals surface area contributed by atoms with Crippen molar-refractivity contribution in [2.45, 2.75) is 122 Å². The van der Waals surface area contributed by atoms with Gasteiger partial charge in [-0.25, -0.2) is 4.79 Å². The predicted molar refractivity (Wildman–Crippen MR) is 199 cm³/mol. The van der Waals surface area contributed by atoms with Gasteiger partial charge in [-0.15, -0.1) is 13.2 Å². The average Bonchev–Trinajstić information content (AvgIpc) is 3.59. The van der Waals surface area contributed by atoms with Crippen molar-refractivity contribution in [3.63, 3.8) is 0 Å². The summed E-state index contributed by atoms with van der Waals surface area (Å²) in [6, 6.07) is 4.45. The Bertz CT molecular complexity index is 1480. The maximum Gasteiger partial charge on any atom is 0.408 e. The van der Waals surface area contributed by atoms with Crippen molar-refractivity contribution in [1.29, 1.82) is 0 Å². The number of fused-ring (bicyclic) bond motifs is 1. The number of para-hydroxylation sites is 1. The van der Waals surface area contributed by atoms with E-state index in [1.807, 2.05) is 24.3 Å². The van der Waals surface area contributed by atoms with E-state index in [4.69, 9.17) is 4.74 Å². The maximum absolute atomic E-state index is 14.0. The minimum atomic E-state index is -1.12. The highest BCUT2D eigenvalue weighted by Gasteiger charge is 2.38. The summed E-state index contributed by atoms with van der Waals surface area (Å²) >= 11 is 0. The Morgan fingerprint density at radius 3 is 2.25 bits per heavy atom. The van der Waals surface area contributed by atoms with Crippen LogP contribution in [0.1, 0.15) is 97.0 Å². The van der Waals surface area contributed by atoms with E-state index in [1.165, 1.54) is 4.90 Å². The summed E-state index contributed by atoms with van der Waals surface area (Å²) in [5.74, 6) is -2.71. The van der Waals surface area contributed by atoms with Gasteiger partial charge in [0.15, 0.2) is 0 Å². The van der Waals surface area contributed by atoms with E-state index in [2.05, 4.69) is 29.1 Å². The zero-order valence-corrected chi connectivity index (χ0v) is 31.1. The summed E-state index contributed by atoms with van der Waals surface area (Å²) < 4.78 is 5.42. The monoisotopic (exact) mass is 719 g/mol. The summed E-state index contributed by atoms with van der Waals surface area (Å²) in [5.41, 5.74) is 0.877. The molecular formula is C40H57N5O7. The van der Waals surface area contributed by atoms with E-state index >= 15 is 0 Å². The number of nitrogens with one attached hydrogen (secondary N) is 3. The lowest BCUT2D eigenvalue weighted by molar-refractivity contribution is -0.142. The maximum atomic E-state index is 14.0. The molecule has 0 spiro atoms. The molecule has 1 aromatic carbocycles. The van der Waals surface area contributed by atoms with Crippen LogP contribution in [-0.2, 0) is 35.1 Å². The SMILES string of the molecule is C=CCC[C@H](NC(=O)OC(C)(C)C)C(=O)N(CC(=O)NC(CC1CCC1)C(=O)C(=O)N[C@H]1Cc2ccccc2N(CCC=C)C1=O)CC1CCCC1. The summed E-state index contributed by atoms with van der Waals surface area (Å²) in [7, 11) is 0. The first-order chi connectivity index (χ1) is 24.8. The summed E-state index contributed by atoms with van der Waals surface area (Å²) in [4.78, 5) is 84.4. The van der Waals surface area contributed by atoms with Gasteiger partial charge in [0.2, 0.25) is 23.5 Å². The number of amides is 5. The van der Waals surface area contributed by atoms with Gasteiger partial charge in [0.1, 0.15) is 17.7 Å². The Morgan fingerprint density at radius 2 is 1.62 bits per heavy atom. The molecular weight excluding hydrogens is 662 g/mol. The highest BCUT2D eigenvalue weighted by molar-refractivity contribution is 6.39. The number of allylic oxidation sites excluding steroid dienone is 1. The van der Waals surface area contributed by atoms with Crippen LogP contribution in [0.2, 0.25) is 0 Å². The van der Waals surface area contributed by atoms with Gasteiger partial charge >= 0.3 is 6.09 Å². The number of anilines is 1. The highest BCUT2D eigenvalue weighted by Crippen LogP contribution is 2.31. The summed E-state index contributed by atoms with van der Waals surface area (Å²) in [5, 5.41) is 8.15. The molecule has 284 valence electrons. The van der Waals surface area contributed by atoms with Crippen LogP contribution in [0.4, 0.5) is 10.5 Å². The molecule has 2 fully saturated rings. The Hall–Kier alpha value is -4.48. The zero-order valence-electron chi connectivity index (χ0n) is 31.1. The third-order valence-corrected chi connectivity index (χ3v) is 10.1. The number of alkyl carbamates (subject to hydrolysis) is 1. The normalized spacial score (nSPS) is 18.6. The number of hydrogen-bond acceptors (Lipinski definition) is 7. The molecule has 4 rings (SSSR count). The van der Waals surface area contributed by atoms with Crippen molar-refractivity contribution >= 4 is 41.2 Å². The molecule has 5 amide bonds. The largest absolute Gasteiger partial charge is 0.444 e. The van der Waals surface area contributed by atoms with E-state index in [-0.39, 0.29) is 43.6 Å². The standard InChI is InChI=1S/C40H57N5O7/c1-6-8-20-30(43-39(51)52-40(3,4)5)37(49)44(25-28-15-10-11-16-28)26-34(46)41-31(23-27-17-14-18-27)35(47)36(48)42-32-24-29-19-12-13-21-33(29)45(38(32)50)22-9-7-2/h6-7,12-13,19,21,27-28,30-32H,1-2,8-11,14-18,20,22-26H2,3-5H3,(H,41,46)(H,42,48)(H,43,51)/t30-,31?,32-/m0/s1. The van der Waals surface area contributed by atoms with Crippen molar-refractivity contribution in [3.05, 3.63) is 55.1 Å². The van der Waals surface area contributed by atoms with E-state index in [1.54, 1.807) is 37.8 Å². The molecule has 0 bridgehead atoms. The van der Waals surface area contributed by atoms with Gasteiger partial charge in [-0.05, 0) is 82.8 Å². The molecule has 12 heteroatoms. The van der Waals surface area contributed by atoms with Crippen LogP contribution in [0, 0.1) is 11.8 Å². The van der Waals surface area contributed by atoms with Crippen LogP contribution < -0.4 is 20.9 Å². The first kappa shape index (κ1) is 40.3. The number of carbonyl (C=O) groups excluding carboxylic acids is 6. The fourth-order valence-electron chi connectivity index (χ4n) is 7.17. The number of nitrogens with zero attached hydrogens (tertiary/aromatic N) is 2. The second-order valence-electron chi connectivity index (χ2n) is 15.4. The molecule has 2 aliphatic carbocycles. The van der Waals surface area contributed by atoms with E-state index < -0.39 is 53.3 Å². The lowest BCUT2D eigenvalue weighted by Gasteiger charge is -2.35. The molecule has 2 saturated carbocycles. The predicted octanol–water partition coefficient (Wildman–Crippen LogP) is 4.76. The molecule has 3 N–H and O–H groups in total. The van der Waals surface area contributed by atoms with E-state index in [9.17, 15) is 28.8 Å². The fraction of sp³-hybridized carbons (Fsp3) is 0.600. The number of Topliss-reactive ketones (excluding diaryl/α,β-unsaturated/α-hetero) is 1. The Kier molecular flexibility index (Phi) is 14.6. The van der Waals surface area contributed by atoms with Gasteiger partial charge in [-0.1, -0.05) is 62.5 Å². The van der Waals surface area contributed by atoms with Crippen LogP contribution in [0.5, 0.6) is 0 Å². The van der Waals surface area contributed by atoms with Crippen LogP contribution in [-0.4, -0.2) is 83.8 Å². The van der Waals surface area contributed by atoms with Crippen LogP contribution in [0.25, 0.3) is 0 Å². The molecule has 1 aromatic rings. The first-order valence-corrected chi connectivity index (χ1v) is 18.8. The van der Waals surface area contributed by atoms with Crippen molar-refractivity contribution in [2.75, 3.05) is 24.5 Å². The van der Waals surface area contributed by atoms with E-state index in [0.29, 0.717) is 25.9 Å². The minimum absolute atomic E-state index is 0.164. The molecule has 3 aliphatic rings. The first-order valence-electron chi connectivity index (χ1n) is 18.8. The number of ether oxygens (including phenoxy) is 1. The number of rotatable bonds is 18. The number of carbonyl (C=O) groups is 6. The topological polar surface area (TPSA) is 154 Å². The van der Waals surface area contributed by atoms with Crippen molar-refractivity contribution < 1.29 is 33.5 Å². The number of ketones is 1. The molecule has 52 heavy (non-hydrogen) atoms. The molecule has 0 radical (unpaired) electrons. The van der Waals surface area contributed by atoms with Gasteiger partial charge < -0.3 is 30.5 Å². The van der Waals surface area contributed by atoms with Crippen LogP contribution in [0.3, 0.4) is 0 Å². The molecule has 0 aromatic heterocycles. The van der Waals surface area contributed by atoms with Crippen LogP contribution in [0.15, 0.2) is 49.6 Å².